The molecule has 1 rings (SSSR count). The Labute approximate surface area is 281 Å². The molecule has 0 heterocycles. The number of hydrogen-bond donors (Lipinski definition) is 3. The van der Waals surface area contributed by atoms with Crippen LogP contribution in [0.15, 0.2) is 72.6 Å². The number of allylic oxidation sites excluding steroid dienone is 2. The molecule has 0 radical (unpaired) electrons. The van der Waals surface area contributed by atoms with Gasteiger partial charge in [-0.25, -0.2) is 0 Å². The van der Waals surface area contributed by atoms with Crippen LogP contribution in [-0.2, 0) is 0 Å². The quantitative estimate of drug-likeness (QED) is 0.112. The molecule has 1 unspecified atom stereocenters. The van der Waals surface area contributed by atoms with Gasteiger partial charge in [-0.15, -0.1) is 11.8 Å². The third-order valence-electron chi connectivity index (χ3n) is 6.77. The van der Waals surface area contributed by atoms with Gasteiger partial charge in [0.2, 0.25) is 0 Å². The van der Waals surface area contributed by atoms with Crippen LogP contribution >= 0.6 is 11.8 Å². The van der Waals surface area contributed by atoms with Crippen LogP contribution in [0.1, 0.15) is 146 Å². The Kier molecular flexibility index (Phi) is 37.3. The Hall–Kier alpha value is -2.20. The SMILES string of the molecule is C=C(CCC)NC/C(C)=C\C.C=C(CS[C@H](CCC)C(C)=N)N[C@H](CC(CC)c1ccccc1C)C(=C)C.CC.CC.CC. The van der Waals surface area contributed by atoms with Gasteiger partial charge in [0.1, 0.15) is 0 Å². The molecule has 0 amide bonds. The van der Waals surface area contributed by atoms with Crippen LogP contribution < -0.4 is 10.6 Å². The molecule has 0 aliphatic carbocycles. The highest BCUT2D eigenvalue weighted by Crippen LogP contribution is 2.29. The van der Waals surface area contributed by atoms with Crippen molar-refractivity contribution in [1.82, 2.24) is 10.6 Å². The van der Waals surface area contributed by atoms with Crippen molar-refractivity contribution >= 4 is 17.5 Å². The normalized spacial score (nSPS) is 12.0. The lowest BCUT2D eigenvalue weighted by molar-refractivity contribution is 0.505. The average Bonchev–Trinajstić information content (AvgIpc) is 3.03. The standard InChI is InChI=1S/C24H38N2S.C10H19N.3C2H6/c1-8-12-24(20(7)25)27-16-19(6)26-23(17(3)4)15-21(9-2)22-14-11-10-13-18(22)5;1-5-7-10(4)11-8-9(3)6-2;3*1-2/h10-11,13-14,21,23-26H,3,6,8-9,12,15-16H2,1-2,4-5,7H3;6,11H,4-5,7-8H2,1-3H3;3*1-2H3/b;9-6-;;;/t21?,23-,24-;;;;/m1..../s1. The maximum absolute atomic E-state index is 7.96. The lowest BCUT2D eigenvalue weighted by Gasteiger charge is -2.27. The molecule has 3 nitrogen and oxygen atoms in total. The van der Waals surface area contributed by atoms with Gasteiger partial charge in [0.05, 0.1) is 0 Å². The number of aryl methyl sites for hydroxylation is 1. The van der Waals surface area contributed by atoms with Crippen LogP contribution in [0.3, 0.4) is 0 Å². The molecule has 0 bridgehead atoms. The first-order valence-electron chi connectivity index (χ1n) is 17.4. The zero-order valence-corrected chi connectivity index (χ0v) is 32.6. The molecule has 0 fully saturated rings. The zero-order chi connectivity index (χ0) is 35.1. The molecule has 1 aromatic carbocycles. The number of nitrogens with one attached hydrogen (secondary N) is 3. The molecule has 4 heteroatoms. The van der Waals surface area contributed by atoms with Crippen LogP contribution in [0.5, 0.6) is 0 Å². The first-order chi connectivity index (χ1) is 21.0. The van der Waals surface area contributed by atoms with Crippen molar-refractivity contribution < 1.29 is 0 Å². The largest absolute Gasteiger partial charge is 0.385 e. The molecule has 44 heavy (non-hydrogen) atoms. The second kappa shape index (κ2) is 33.7. The fourth-order valence-electron chi connectivity index (χ4n) is 4.16. The van der Waals surface area contributed by atoms with Crippen molar-refractivity contribution in [2.45, 2.75) is 153 Å². The van der Waals surface area contributed by atoms with Crippen molar-refractivity contribution in [2.24, 2.45) is 0 Å². The van der Waals surface area contributed by atoms with Gasteiger partial charge in [0, 0.05) is 40.7 Å². The van der Waals surface area contributed by atoms with Gasteiger partial charge in [-0.1, -0.05) is 136 Å². The van der Waals surface area contributed by atoms with Gasteiger partial charge in [0.15, 0.2) is 0 Å². The third kappa shape index (κ3) is 25.2. The first kappa shape index (κ1) is 48.7. The molecular formula is C40H75N3S. The predicted octanol–water partition coefficient (Wildman–Crippen LogP) is 12.8. The Morgan fingerprint density at radius 1 is 0.909 bits per heavy atom. The molecule has 1 aromatic rings. The molecule has 256 valence electrons. The molecular weight excluding hydrogens is 555 g/mol. The van der Waals surface area contributed by atoms with Crippen molar-refractivity contribution in [1.29, 1.82) is 5.41 Å². The van der Waals surface area contributed by atoms with E-state index in [1.54, 1.807) is 0 Å². The summed E-state index contributed by atoms with van der Waals surface area (Å²) in [6.45, 7) is 42.3. The van der Waals surface area contributed by atoms with Gasteiger partial charge in [-0.3, -0.25) is 0 Å². The lowest BCUT2D eigenvalue weighted by atomic mass is 9.86. The van der Waals surface area contributed by atoms with Crippen molar-refractivity contribution in [3.05, 3.63) is 83.7 Å². The van der Waals surface area contributed by atoms with Crippen LogP contribution in [0.4, 0.5) is 0 Å². The highest BCUT2D eigenvalue weighted by atomic mass is 32.2. The fraction of sp³-hybridized carbons (Fsp3) is 0.625. The van der Waals surface area contributed by atoms with E-state index in [0.717, 1.165) is 67.1 Å². The Balaban J connectivity index is -0.000000393. The van der Waals surface area contributed by atoms with Crippen molar-refractivity contribution in [2.75, 3.05) is 12.3 Å². The van der Waals surface area contributed by atoms with Crippen molar-refractivity contribution in [3.63, 3.8) is 0 Å². The molecule has 0 aromatic heterocycles. The van der Waals surface area contributed by atoms with E-state index in [1.807, 2.05) is 60.2 Å². The number of benzene rings is 1. The van der Waals surface area contributed by atoms with E-state index >= 15 is 0 Å². The minimum absolute atomic E-state index is 0.230. The summed E-state index contributed by atoms with van der Waals surface area (Å²) in [5, 5.41) is 15.1. The number of hydrogen-bond acceptors (Lipinski definition) is 4. The topological polar surface area (TPSA) is 47.9 Å². The summed E-state index contributed by atoms with van der Waals surface area (Å²) in [4.78, 5) is 0. The summed E-state index contributed by atoms with van der Waals surface area (Å²) < 4.78 is 0. The molecule has 0 aliphatic heterocycles. The summed E-state index contributed by atoms with van der Waals surface area (Å²) in [6, 6.07) is 8.93. The van der Waals surface area contributed by atoms with Gasteiger partial charge < -0.3 is 16.0 Å². The highest BCUT2D eigenvalue weighted by molar-refractivity contribution is 8.00. The average molecular weight is 630 g/mol. The van der Waals surface area contributed by atoms with Gasteiger partial charge in [0.25, 0.3) is 0 Å². The van der Waals surface area contributed by atoms with Gasteiger partial charge in [-0.05, 0) is 77.3 Å². The molecule has 3 N–H and O–H groups in total. The molecule has 0 aliphatic rings. The minimum atomic E-state index is 0.230. The number of thioether (sulfide) groups is 1. The van der Waals surface area contributed by atoms with Crippen LogP contribution in [0.25, 0.3) is 0 Å². The van der Waals surface area contributed by atoms with E-state index < -0.39 is 0 Å². The van der Waals surface area contributed by atoms with Crippen molar-refractivity contribution in [3.8, 4) is 0 Å². The number of rotatable bonds is 18. The summed E-state index contributed by atoms with van der Waals surface area (Å²) in [5.74, 6) is 1.35. The zero-order valence-electron chi connectivity index (χ0n) is 31.8. The second-order valence-corrected chi connectivity index (χ2v) is 11.6. The third-order valence-corrected chi connectivity index (χ3v) is 8.28. The summed E-state index contributed by atoms with van der Waals surface area (Å²) in [7, 11) is 0. The summed E-state index contributed by atoms with van der Waals surface area (Å²) in [5.41, 5.74) is 8.27. The van der Waals surface area contributed by atoms with E-state index in [1.165, 1.54) is 23.1 Å². The monoisotopic (exact) mass is 630 g/mol. The lowest BCUT2D eigenvalue weighted by Crippen LogP contribution is -2.32. The maximum atomic E-state index is 7.96. The maximum Gasteiger partial charge on any atom is 0.0471 e. The van der Waals surface area contributed by atoms with E-state index in [-0.39, 0.29) is 6.04 Å². The Bertz CT molecular complexity index is 900. The summed E-state index contributed by atoms with van der Waals surface area (Å²) >= 11 is 1.82. The van der Waals surface area contributed by atoms with E-state index in [9.17, 15) is 0 Å². The minimum Gasteiger partial charge on any atom is -0.385 e. The van der Waals surface area contributed by atoms with Crippen LogP contribution in [0.2, 0.25) is 0 Å². The van der Waals surface area contributed by atoms with Crippen LogP contribution in [-0.4, -0.2) is 29.3 Å². The highest BCUT2D eigenvalue weighted by Gasteiger charge is 2.20. The van der Waals surface area contributed by atoms with Gasteiger partial charge >= 0.3 is 0 Å². The van der Waals surface area contributed by atoms with Gasteiger partial charge in [-0.2, -0.15) is 0 Å². The smallest absolute Gasteiger partial charge is 0.0471 e. The summed E-state index contributed by atoms with van der Waals surface area (Å²) in [6.07, 6.45) is 8.68. The molecule has 0 spiro atoms. The Morgan fingerprint density at radius 3 is 1.91 bits per heavy atom. The fourth-order valence-corrected chi connectivity index (χ4v) is 5.30. The molecule has 0 saturated heterocycles. The van der Waals surface area contributed by atoms with Crippen LogP contribution in [0, 0.1) is 12.3 Å². The molecule has 3 atom stereocenters. The second-order valence-electron chi connectivity index (χ2n) is 10.5. The Morgan fingerprint density at radius 2 is 1.48 bits per heavy atom. The predicted molar refractivity (Wildman–Crippen MR) is 210 cm³/mol. The van der Waals surface area contributed by atoms with E-state index in [0.29, 0.717) is 11.2 Å². The molecule has 0 saturated carbocycles. The van der Waals surface area contributed by atoms with E-state index in [4.69, 9.17) is 5.41 Å². The van der Waals surface area contributed by atoms with E-state index in [2.05, 4.69) is 109 Å². The first-order valence-corrected chi connectivity index (χ1v) is 18.4.